The molecule has 29 heavy (non-hydrogen) atoms. The average molecular weight is 416 g/mol. The average Bonchev–Trinajstić information content (AvgIpc) is 3.00. The van der Waals surface area contributed by atoms with Gasteiger partial charge in [0.15, 0.2) is 5.17 Å². The van der Waals surface area contributed by atoms with Crippen molar-refractivity contribution in [3.8, 4) is 0 Å². The molecule has 2 atom stereocenters. The van der Waals surface area contributed by atoms with Crippen LogP contribution >= 0.6 is 11.8 Å². The van der Waals surface area contributed by atoms with Gasteiger partial charge in [-0.2, -0.15) is 0 Å². The number of carbonyl (C=O) groups excluding carboxylic acids is 2. The number of fused-ring (bicyclic) bond motifs is 1. The van der Waals surface area contributed by atoms with Crippen LogP contribution in [0.1, 0.15) is 44.9 Å². The van der Waals surface area contributed by atoms with E-state index in [1.807, 2.05) is 23.1 Å². The molecule has 0 aromatic carbocycles. The van der Waals surface area contributed by atoms with Crippen molar-refractivity contribution in [2.75, 3.05) is 31.1 Å². The zero-order valence-electron chi connectivity index (χ0n) is 16.8. The molecule has 1 aliphatic carbocycles. The molecule has 7 nitrogen and oxygen atoms in total. The number of nitrogens with one attached hydrogen (secondary N) is 1. The number of carbonyl (C=O) groups is 2. The molecule has 0 radical (unpaired) electrons. The van der Waals surface area contributed by atoms with E-state index in [2.05, 4.69) is 15.2 Å². The summed E-state index contributed by atoms with van der Waals surface area (Å²) < 4.78 is 0. The van der Waals surface area contributed by atoms with Gasteiger partial charge in [-0.25, -0.2) is 4.98 Å². The summed E-state index contributed by atoms with van der Waals surface area (Å²) in [5, 5.41) is 4.20. The Morgan fingerprint density at radius 2 is 1.90 bits per heavy atom. The van der Waals surface area contributed by atoms with Gasteiger partial charge in [-0.1, -0.05) is 37.1 Å². The zero-order valence-corrected chi connectivity index (χ0v) is 17.6. The maximum Gasteiger partial charge on any atom is 0.226 e. The van der Waals surface area contributed by atoms with Crippen LogP contribution in [-0.2, 0) is 9.59 Å². The molecule has 4 rings (SSSR count). The molecule has 2 fully saturated rings. The predicted molar refractivity (Wildman–Crippen MR) is 116 cm³/mol. The van der Waals surface area contributed by atoms with Crippen LogP contribution in [0.5, 0.6) is 0 Å². The van der Waals surface area contributed by atoms with Gasteiger partial charge in [-0.15, -0.1) is 0 Å². The number of amides is 2. The molecule has 1 saturated heterocycles. The molecule has 156 valence electrons. The van der Waals surface area contributed by atoms with Crippen molar-refractivity contribution in [2.45, 2.75) is 56.2 Å². The first-order valence-electron chi connectivity index (χ1n) is 10.7. The number of hydrogen-bond donors (Lipinski definition) is 1. The van der Waals surface area contributed by atoms with Crippen molar-refractivity contribution in [3.05, 3.63) is 24.4 Å². The number of amidine groups is 1. The Morgan fingerprint density at radius 1 is 1.07 bits per heavy atom. The summed E-state index contributed by atoms with van der Waals surface area (Å²) in [5.74, 6) is 0.894. The molecule has 1 aromatic rings. The number of hydrogen-bond acceptors (Lipinski definition) is 6. The minimum absolute atomic E-state index is 0.0481. The lowest BCUT2D eigenvalue weighted by atomic mass is 10.1. The van der Waals surface area contributed by atoms with Crippen LogP contribution in [0.25, 0.3) is 0 Å². The van der Waals surface area contributed by atoms with Gasteiger partial charge in [0, 0.05) is 50.5 Å². The quantitative estimate of drug-likeness (QED) is 0.817. The van der Waals surface area contributed by atoms with Crippen molar-refractivity contribution in [3.63, 3.8) is 0 Å². The van der Waals surface area contributed by atoms with Crippen molar-refractivity contribution >= 4 is 34.6 Å². The molecule has 2 aliphatic heterocycles. The van der Waals surface area contributed by atoms with Gasteiger partial charge in [0.2, 0.25) is 11.8 Å². The highest BCUT2D eigenvalue weighted by Crippen LogP contribution is 2.35. The Balaban J connectivity index is 1.18. The summed E-state index contributed by atoms with van der Waals surface area (Å²) in [4.78, 5) is 37.9. The first-order valence-corrected chi connectivity index (χ1v) is 11.5. The fraction of sp³-hybridized carbons (Fsp3) is 0.619. The maximum absolute atomic E-state index is 12.5. The molecular weight excluding hydrogens is 386 g/mol. The molecule has 3 aliphatic rings. The van der Waals surface area contributed by atoms with Crippen LogP contribution < -0.4 is 10.2 Å². The number of rotatable bonds is 4. The number of aromatic nitrogens is 1. The largest absolute Gasteiger partial charge is 0.353 e. The smallest absolute Gasteiger partial charge is 0.226 e. The van der Waals surface area contributed by atoms with Gasteiger partial charge >= 0.3 is 0 Å². The molecule has 1 aromatic heterocycles. The van der Waals surface area contributed by atoms with Gasteiger partial charge in [-0.3, -0.25) is 14.6 Å². The van der Waals surface area contributed by atoms with E-state index in [9.17, 15) is 9.59 Å². The number of thioether (sulfide) groups is 1. The molecule has 0 unspecified atom stereocenters. The van der Waals surface area contributed by atoms with Crippen LogP contribution in [0, 0.1) is 0 Å². The van der Waals surface area contributed by atoms with Crippen molar-refractivity contribution in [1.29, 1.82) is 0 Å². The molecule has 8 heteroatoms. The Hall–Kier alpha value is -2.09. The van der Waals surface area contributed by atoms with E-state index in [1.54, 1.807) is 18.0 Å². The lowest BCUT2D eigenvalue weighted by molar-refractivity contribution is -0.133. The van der Waals surface area contributed by atoms with E-state index in [0.29, 0.717) is 24.4 Å². The number of nitrogens with zero attached hydrogens (tertiary/aromatic N) is 4. The van der Waals surface area contributed by atoms with Crippen molar-refractivity contribution in [2.24, 2.45) is 4.99 Å². The SMILES string of the molecule is O=C(CCC(=O)N1CCN(c2ccccn2)CC1)NC1=N[C@@H]2CCCCC[C@@H]2S1. The maximum atomic E-state index is 12.5. The van der Waals surface area contributed by atoms with Gasteiger partial charge in [0.25, 0.3) is 0 Å². The number of piperazine rings is 1. The lowest BCUT2D eigenvalue weighted by Crippen LogP contribution is -2.49. The van der Waals surface area contributed by atoms with Gasteiger partial charge in [0.1, 0.15) is 5.82 Å². The van der Waals surface area contributed by atoms with Crippen LogP contribution in [-0.4, -0.2) is 64.3 Å². The third-order valence-electron chi connectivity index (χ3n) is 5.88. The van der Waals surface area contributed by atoms with Crippen molar-refractivity contribution in [1.82, 2.24) is 15.2 Å². The minimum Gasteiger partial charge on any atom is -0.353 e. The summed E-state index contributed by atoms with van der Waals surface area (Å²) in [6, 6.07) is 6.22. The van der Waals surface area contributed by atoms with E-state index in [0.717, 1.165) is 30.5 Å². The fourth-order valence-corrected chi connectivity index (χ4v) is 5.51. The van der Waals surface area contributed by atoms with Gasteiger partial charge < -0.3 is 15.1 Å². The summed E-state index contributed by atoms with van der Waals surface area (Å²) in [5.41, 5.74) is 0. The van der Waals surface area contributed by atoms with E-state index in [1.165, 1.54) is 25.7 Å². The van der Waals surface area contributed by atoms with E-state index in [-0.39, 0.29) is 24.7 Å². The third-order valence-corrected chi connectivity index (χ3v) is 7.17. The first-order chi connectivity index (χ1) is 14.2. The summed E-state index contributed by atoms with van der Waals surface area (Å²) >= 11 is 1.71. The Labute approximate surface area is 176 Å². The molecular formula is C21H29N5O2S. The minimum atomic E-state index is -0.104. The Kier molecular flexibility index (Phi) is 6.69. The molecule has 2 amide bonds. The molecule has 3 heterocycles. The van der Waals surface area contributed by atoms with Crippen LogP contribution in [0.3, 0.4) is 0 Å². The van der Waals surface area contributed by atoms with Crippen LogP contribution in [0.4, 0.5) is 5.82 Å². The van der Waals surface area contributed by atoms with E-state index < -0.39 is 0 Å². The standard InChI is InChI=1S/C21H29N5O2S/c27-19(24-21-23-16-6-2-1-3-7-17(16)29-21)9-10-20(28)26-14-12-25(13-15-26)18-8-4-5-11-22-18/h4-5,8,11,16-17H,1-3,6-7,9-10,12-15H2,(H,23,24,27)/t16-,17+/m1/s1. The molecule has 0 spiro atoms. The van der Waals surface area contributed by atoms with Crippen LogP contribution in [0.15, 0.2) is 29.4 Å². The topological polar surface area (TPSA) is 77.9 Å². The van der Waals surface area contributed by atoms with Crippen molar-refractivity contribution < 1.29 is 9.59 Å². The van der Waals surface area contributed by atoms with Gasteiger partial charge in [0.05, 0.1) is 6.04 Å². The molecule has 1 saturated carbocycles. The van der Waals surface area contributed by atoms with Gasteiger partial charge in [-0.05, 0) is 25.0 Å². The summed E-state index contributed by atoms with van der Waals surface area (Å²) in [6.07, 6.45) is 8.34. The third kappa shape index (κ3) is 5.29. The Bertz CT molecular complexity index is 749. The first kappa shape index (κ1) is 20.2. The highest BCUT2D eigenvalue weighted by atomic mass is 32.2. The second-order valence-corrected chi connectivity index (χ2v) is 9.13. The fourth-order valence-electron chi connectivity index (χ4n) is 4.21. The molecule has 0 bridgehead atoms. The second-order valence-electron chi connectivity index (χ2n) is 7.90. The van der Waals surface area contributed by atoms with E-state index >= 15 is 0 Å². The number of anilines is 1. The molecule has 1 N–H and O–H groups in total. The normalized spacial score (nSPS) is 24.5. The highest BCUT2D eigenvalue weighted by Gasteiger charge is 2.31. The lowest BCUT2D eigenvalue weighted by Gasteiger charge is -2.35. The number of pyridine rings is 1. The number of aliphatic imine (C=N–C) groups is 1. The van der Waals surface area contributed by atoms with Crippen LogP contribution in [0.2, 0.25) is 0 Å². The van der Waals surface area contributed by atoms with E-state index in [4.69, 9.17) is 4.99 Å². The Morgan fingerprint density at radius 3 is 2.69 bits per heavy atom. The zero-order chi connectivity index (χ0) is 20.1. The summed E-state index contributed by atoms with van der Waals surface area (Å²) in [7, 11) is 0. The second kappa shape index (κ2) is 9.61. The highest BCUT2D eigenvalue weighted by molar-refractivity contribution is 8.14. The summed E-state index contributed by atoms with van der Waals surface area (Å²) in [6.45, 7) is 2.88. The predicted octanol–water partition coefficient (Wildman–Crippen LogP) is 2.43. The monoisotopic (exact) mass is 415 g/mol.